The standard InChI is InChI=1S/C7H3BrFNOS/c8-4-2-6-3(1-5(4)9)7(11)10-12-6/h1-2H,(H,10,11). The van der Waals surface area contributed by atoms with Gasteiger partial charge in [0.05, 0.1) is 14.6 Å². The molecule has 12 heavy (non-hydrogen) atoms. The minimum Gasteiger partial charge on any atom is -0.277 e. The van der Waals surface area contributed by atoms with E-state index in [0.29, 0.717) is 9.86 Å². The summed E-state index contributed by atoms with van der Waals surface area (Å²) in [6.07, 6.45) is 0. The number of hydrogen-bond donors (Lipinski definition) is 1. The van der Waals surface area contributed by atoms with Crippen LogP contribution in [0.3, 0.4) is 0 Å². The van der Waals surface area contributed by atoms with Crippen LogP contribution >= 0.6 is 27.5 Å². The highest BCUT2D eigenvalue weighted by Crippen LogP contribution is 2.23. The lowest BCUT2D eigenvalue weighted by molar-refractivity contribution is 0.623. The second-order valence-electron chi connectivity index (χ2n) is 2.30. The molecule has 0 aliphatic carbocycles. The lowest BCUT2D eigenvalue weighted by Gasteiger charge is -1.91. The fourth-order valence-electron chi connectivity index (χ4n) is 0.947. The number of H-pyrrole nitrogens is 1. The summed E-state index contributed by atoms with van der Waals surface area (Å²) in [6.45, 7) is 0. The molecule has 1 aromatic carbocycles. The minimum atomic E-state index is -0.411. The molecule has 62 valence electrons. The first-order valence-electron chi connectivity index (χ1n) is 3.15. The highest BCUT2D eigenvalue weighted by molar-refractivity contribution is 9.10. The molecule has 0 aliphatic rings. The molecule has 1 N–H and O–H groups in total. The topological polar surface area (TPSA) is 32.9 Å². The van der Waals surface area contributed by atoms with E-state index < -0.39 is 5.82 Å². The summed E-state index contributed by atoms with van der Waals surface area (Å²) in [5.74, 6) is -0.411. The van der Waals surface area contributed by atoms with Crippen LogP contribution in [0.15, 0.2) is 21.4 Å². The van der Waals surface area contributed by atoms with Crippen molar-refractivity contribution >= 4 is 37.5 Å². The number of halogens is 2. The van der Waals surface area contributed by atoms with Gasteiger partial charge < -0.3 is 0 Å². The molecule has 0 radical (unpaired) electrons. The maximum atomic E-state index is 12.9. The van der Waals surface area contributed by atoms with Gasteiger partial charge in [-0.3, -0.25) is 9.17 Å². The highest BCUT2D eigenvalue weighted by atomic mass is 79.9. The Morgan fingerprint density at radius 2 is 2.25 bits per heavy atom. The van der Waals surface area contributed by atoms with Gasteiger partial charge in [-0.1, -0.05) is 11.5 Å². The van der Waals surface area contributed by atoms with Crippen molar-refractivity contribution in [3.63, 3.8) is 0 Å². The van der Waals surface area contributed by atoms with Crippen molar-refractivity contribution in [2.24, 2.45) is 0 Å². The molecule has 0 spiro atoms. The van der Waals surface area contributed by atoms with Gasteiger partial charge >= 0.3 is 0 Å². The SMILES string of the molecule is O=c1[nH]sc2cc(Br)c(F)cc12. The minimum absolute atomic E-state index is 0.235. The van der Waals surface area contributed by atoms with E-state index in [1.165, 1.54) is 17.6 Å². The Kier molecular flexibility index (Phi) is 1.77. The normalized spacial score (nSPS) is 10.8. The zero-order valence-corrected chi connectivity index (χ0v) is 8.13. The second kappa shape index (κ2) is 2.67. The molecule has 0 unspecified atom stereocenters. The summed E-state index contributed by atoms with van der Waals surface area (Å²) in [7, 11) is 0. The Morgan fingerprint density at radius 1 is 1.50 bits per heavy atom. The molecule has 1 aromatic heterocycles. The number of aromatic nitrogens is 1. The molecule has 5 heteroatoms. The van der Waals surface area contributed by atoms with Gasteiger partial charge in [-0.05, 0) is 28.1 Å². The Bertz CT molecular complexity index is 490. The largest absolute Gasteiger partial charge is 0.277 e. The van der Waals surface area contributed by atoms with Crippen LogP contribution in [-0.2, 0) is 0 Å². The van der Waals surface area contributed by atoms with Crippen molar-refractivity contribution in [3.8, 4) is 0 Å². The number of nitrogens with one attached hydrogen (secondary N) is 1. The maximum Gasteiger partial charge on any atom is 0.266 e. The first-order chi connectivity index (χ1) is 5.68. The zero-order chi connectivity index (χ0) is 8.72. The van der Waals surface area contributed by atoms with Crippen molar-refractivity contribution < 1.29 is 4.39 Å². The number of fused-ring (bicyclic) bond motifs is 1. The third kappa shape index (κ3) is 1.09. The Hall–Kier alpha value is -0.680. The molecule has 0 atom stereocenters. The Labute approximate surface area is 79.3 Å². The summed E-state index contributed by atoms with van der Waals surface area (Å²) >= 11 is 4.24. The molecule has 2 nitrogen and oxygen atoms in total. The fourth-order valence-corrected chi connectivity index (χ4v) is 2.19. The van der Waals surface area contributed by atoms with E-state index in [-0.39, 0.29) is 5.56 Å². The number of hydrogen-bond acceptors (Lipinski definition) is 2. The molecule has 1 heterocycles. The van der Waals surface area contributed by atoms with Crippen LogP contribution in [0.5, 0.6) is 0 Å². The van der Waals surface area contributed by atoms with Crippen LogP contribution in [0.1, 0.15) is 0 Å². The summed E-state index contributed by atoms with van der Waals surface area (Å²) in [6, 6.07) is 2.82. The van der Waals surface area contributed by atoms with Gasteiger partial charge in [0, 0.05) is 0 Å². The van der Waals surface area contributed by atoms with Gasteiger partial charge in [0.15, 0.2) is 0 Å². The van der Waals surface area contributed by atoms with Crippen LogP contribution in [0.2, 0.25) is 0 Å². The van der Waals surface area contributed by atoms with Crippen LogP contribution in [0.25, 0.3) is 10.1 Å². The average molecular weight is 248 g/mol. The molecule has 2 aromatic rings. The fraction of sp³-hybridized carbons (Fsp3) is 0. The zero-order valence-electron chi connectivity index (χ0n) is 5.73. The third-order valence-corrected chi connectivity index (χ3v) is 2.97. The van der Waals surface area contributed by atoms with Crippen molar-refractivity contribution in [2.75, 3.05) is 0 Å². The first kappa shape index (κ1) is 7.94. The van der Waals surface area contributed by atoms with E-state index >= 15 is 0 Å². The van der Waals surface area contributed by atoms with E-state index in [0.717, 1.165) is 4.70 Å². The molecule has 0 saturated carbocycles. The molecule has 0 fully saturated rings. The van der Waals surface area contributed by atoms with Crippen LogP contribution in [0, 0.1) is 5.82 Å². The van der Waals surface area contributed by atoms with Crippen molar-refractivity contribution in [1.82, 2.24) is 4.37 Å². The summed E-state index contributed by atoms with van der Waals surface area (Å²) in [5, 5.41) is 0.403. The van der Waals surface area contributed by atoms with Crippen molar-refractivity contribution in [2.45, 2.75) is 0 Å². The molecule has 0 amide bonds. The smallest absolute Gasteiger partial charge is 0.266 e. The van der Waals surface area contributed by atoms with Gasteiger partial charge in [-0.25, -0.2) is 4.39 Å². The van der Waals surface area contributed by atoms with E-state index in [1.807, 2.05) is 0 Å². The molecule has 0 bridgehead atoms. The van der Waals surface area contributed by atoms with Gasteiger partial charge in [-0.15, -0.1) is 0 Å². The van der Waals surface area contributed by atoms with E-state index in [1.54, 1.807) is 6.07 Å². The lowest BCUT2D eigenvalue weighted by Crippen LogP contribution is -1.96. The predicted octanol–water partition coefficient (Wildman–Crippen LogP) is 2.49. The van der Waals surface area contributed by atoms with E-state index in [2.05, 4.69) is 20.3 Å². The van der Waals surface area contributed by atoms with E-state index in [9.17, 15) is 9.18 Å². The number of benzene rings is 1. The Morgan fingerprint density at radius 3 is 3.00 bits per heavy atom. The quantitative estimate of drug-likeness (QED) is 0.763. The predicted molar refractivity (Wildman–Crippen MR) is 50.1 cm³/mol. The van der Waals surface area contributed by atoms with Gasteiger partial charge in [-0.2, -0.15) is 0 Å². The van der Waals surface area contributed by atoms with Gasteiger partial charge in [0.25, 0.3) is 5.56 Å². The van der Waals surface area contributed by atoms with Crippen LogP contribution in [-0.4, -0.2) is 4.37 Å². The van der Waals surface area contributed by atoms with Crippen LogP contribution < -0.4 is 5.56 Å². The molecular weight excluding hydrogens is 245 g/mol. The monoisotopic (exact) mass is 247 g/mol. The Balaban J connectivity index is 2.97. The summed E-state index contributed by atoms with van der Waals surface area (Å²) < 4.78 is 16.6. The van der Waals surface area contributed by atoms with Crippen molar-refractivity contribution in [1.29, 1.82) is 0 Å². The lowest BCUT2D eigenvalue weighted by atomic mass is 10.3. The van der Waals surface area contributed by atoms with Crippen LogP contribution in [0.4, 0.5) is 4.39 Å². The molecule has 0 aliphatic heterocycles. The first-order valence-corrected chi connectivity index (χ1v) is 4.75. The number of rotatable bonds is 0. The maximum absolute atomic E-state index is 12.9. The number of aromatic amines is 1. The average Bonchev–Trinajstić information content (AvgIpc) is 2.35. The van der Waals surface area contributed by atoms with Crippen molar-refractivity contribution in [3.05, 3.63) is 32.8 Å². The summed E-state index contributed by atoms with van der Waals surface area (Å²) in [4.78, 5) is 11.0. The summed E-state index contributed by atoms with van der Waals surface area (Å²) in [5.41, 5.74) is -0.235. The van der Waals surface area contributed by atoms with E-state index in [4.69, 9.17) is 0 Å². The molecule has 0 saturated heterocycles. The second-order valence-corrected chi connectivity index (χ2v) is 4.00. The third-order valence-electron chi connectivity index (χ3n) is 1.52. The molecule has 2 rings (SSSR count). The van der Waals surface area contributed by atoms with Gasteiger partial charge in [0.1, 0.15) is 5.82 Å². The highest BCUT2D eigenvalue weighted by Gasteiger charge is 2.05. The molecular formula is C7H3BrFNOS. The van der Waals surface area contributed by atoms with Gasteiger partial charge in [0.2, 0.25) is 0 Å².